The van der Waals surface area contributed by atoms with E-state index in [-0.39, 0.29) is 18.3 Å². The largest absolute Gasteiger partial charge is 0.349 e. The Labute approximate surface area is 126 Å². The fraction of sp³-hybridized carbons (Fsp3) is 0.562. The standard InChI is InChI=1S/C16H22N2O.ClH/c19-16(18-15-7-9-17-10-8-15)14-6-5-12-3-1-2-4-13(12)11-14;/h5-6,11,15,17H,1-4,7-10H2,(H,18,19);1H. The first-order chi connectivity index (χ1) is 9.33. The molecule has 0 radical (unpaired) electrons. The van der Waals surface area contributed by atoms with Gasteiger partial charge in [-0.3, -0.25) is 4.79 Å². The average molecular weight is 295 g/mol. The van der Waals surface area contributed by atoms with Crippen molar-refractivity contribution in [2.45, 2.75) is 44.6 Å². The van der Waals surface area contributed by atoms with Gasteiger partial charge in [0, 0.05) is 11.6 Å². The van der Waals surface area contributed by atoms with Crippen LogP contribution in [0.5, 0.6) is 0 Å². The van der Waals surface area contributed by atoms with Crippen molar-refractivity contribution in [3.63, 3.8) is 0 Å². The highest BCUT2D eigenvalue weighted by Gasteiger charge is 2.17. The van der Waals surface area contributed by atoms with Crippen molar-refractivity contribution >= 4 is 18.3 Å². The first-order valence-electron chi connectivity index (χ1n) is 7.46. The Balaban J connectivity index is 0.00000147. The predicted octanol–water partition coefficient (Wildman–Crippen LogP) is 2.47. The molecule has 2 N–H and O–H groups in total. The van der Waals surface area contributed by atoms with Crippen LogP contribution in [0.4, 0.5) is 0 Å². The number of benzene rings is 1. The Morgan fingerprint density at radius 2 is 1.80 bits per heavy atom. The van der Waals surface area contributed by atoms with Gasteiger partial charge in [0.1, 0.15) is 0 Å². The summed E-state index contributed by atoms with van der Waals surface area (Å²) in [5, 5.41) is 6.48. The maximum atomic E-state index is 12.3. The summed E-state index contributed by atoms with van der Waals surface area (Å²) < 4.78 is 0. The van der Waals surface area contributed by atoms with Gasteiger partial charge in [-0.15, -0.1) is 12.4 Å². The van der Waals surface area contributed by atoms with E-state index in [0.29, 0.717) is 6.04 Å². The van der Waals surface area contributed by atoms with Crippen LogP contribution in [0.3, 0.4) is 0 Å². The molecule has 1 aromatic carbocycles. The number of hydrogen-bond donors (Lipinski definition) is 2. The van der Waals surface area contributed by atoms with E-state index in [2.05, 4.69) is 22.8 Å². The Hall–Kier alpha value is -1.06. The fourth-order valence-electron chi connectivity index (χ4n) is 3.11. The zero-order valence-corrected chi connectivity index (χ0v) is 12.6. The Morgan fingerprint density at radius 1 is 1.10 bits per heavy atom. The van der Waals surface area contributed by atoms with Crippen molar-refractivity contribution in [3.8, 4) is 0 Å². The topological polar surface area (TPSA) is 41.1 Å². The van der Waals surface area contributed by atoms with Crippen molar-refractivity contribution in [1.29, 1.82) is 0 Å². The zero-order chi connectivity index (χ0) is 13.1. The first-order valence-corrected chi connectivity index (χ1v) is 7.46. The van der Waals surface area contributed by atoms with Crippen molar-refractivity contribution < 1.29 is 4.79 Å². The van der Waals surface area contributed by atoms with Gasteiger partial charge >= 0.3 is 0 Å². The van der Waals surface area contributed by atoms with Crippen molar-refractivity contribution in [3.05, 3.63) is 34.9 Å². The van der Waals surface area contributed by atoms with Crippen molar-refractivity contribution in [1.82, 2.24) is 10.6 Å². The Morgan fingerprint density at radius 3 is 2.55 bits per heavy atom. The van der Waals surface area contributed by atoms with E-state index in [1.165, 1.54) is 30.4 Å². The summed E-state index contributed by atoms with van der Waals surface area (Å²) in [6, 6.07) is 6.57. The highest BCUT2D eigenvalue weighted by atomic mass is 35.5. The SMILES string of the molecule is Cl.O=C(NC1CCNCC1)c1ccc2c(c1)CCCC2. The van der Waals surface area contributed by atoms with Crippen molar-refractivity contribution in [2.75, 3.05) is 13.1 Å². The lowest BCUT2D eigenvalue weighted by Gasteiger charge is -2.24. The molecule has 4 heteroatoms. The molecule has 0 unspecified atom stereocenters. The molecule has 1 fully saturated rings. The minimum absolute atomic E-state index is 0. The second-order valence-corrected chi connectivity index (χ2v) is 5.69. The molecule has 3 rings (SSSR count). The van der Waals surface area contributed by atoms with E-state index < -0.39 is 0 Å². The molecule has 1 aliphatic heterocycles. The molecule has 2 aliphatic rings. The van der Waals surface area contributed by atoms with Crippen molar-refractivity contribution in [2.24, 2.45) is 0 Å². The highest BCUT2D eigenvalue weighted by Crippen LogP contribution is 2.22. The van der Waals surface area contributed by atoms with Crippen LogP contribution in [0, 0.1) is 0 Å². The number of nitrogens with one attached hydrogen (secondary N) is 2. The van der Waals surface area contributed by atoms with Gasteiger partial charge in [0.25, 0.3) is 5.91 Å². The molecule has 1 heterocycles. The van der Waals surface area contributed by atoms with Crippen LogP contribution < -0.4 is 10.6 Å². The predicted molar refractivity (Wildman–Crippen MR) is 83.7 cm³/mol. The second-order valence-electron chi connectivity index (χ2n) is 5.69. The Bertz CT molecular complexity index is 470. The van der Waals surface area contributed by atoms with Gasteiger partial charge in [0.15, 0.2) is 0 Å². The van der Waals surface area contributed by atoms with E-state index in [1.807, 2.05) is 6.07 Å². The number of piperidine rings is 1. The lowest BCUT2D eigenvalue weighted by atomic mass is 9.90. The molecule has 20 heavy (non-hydrogen) atoms. The van der Waals surface area contributed by atoms with Crippen LogP contribution in [0.25, 0.3) is 0 Å². The van der Waals surface area contributed by atoms with Gasteiger partial charge in [-0.25, -0.2) is 0 Å². The van der Waals surface area contributed by atoms with Crippen LogP contribution in [0.1, 0.15) is 47.2 Å². The minimum atomic E-state index is 0. The lowest BCUT2D eigenvalue weighted by molar-refractivity contribution is 0.0929. The quantitative estimate of drug-likeness (QED) is 0.880. The third-order valence-corrected chi connectivity index (χ3v) is 4.29. The van der Waals surface area contributed by atoms with Gasteiger partial charge in [-0.1, -0.05) is 6.07 Å². The third-order valence-electron chi connectivity index (χ3n) is 4.29. The third kappa shape index (κ3) is 3.53. The Kier molecular flexibility index (Phi) is 5.44. The number of halogens is 1. The van der Waals surface area contributed by atoms with Crippen LogP contribution >= 0.6 is 12.4 Å². The zero-order valence-electron chi connectivity index (χ0n) is 11.8. The molecule has 1 amide bonds. The summed E-state index contributed by atoms with van der Waals surface area (Å²) in [7, 11) is 0. The molecule has 1 aliphatic carbocycles. The molecule has 0 atom stereocenters. The summed E-state index contributed by atoms with van der Waals surface area (Å²) >= 11 is 0. The number of fused-ring (bicyclic) bond motifs is 1. The highest BCUT2D eigenvalue weighted by molar-refractivity contribution is 5.94. The molecule has 3 nitrogen and oxygen atoms in total. The summed E-state index contributed by atoms with van der Waals surface area (Å²) in [5.41, 5.74) is 3.65. The normalized spacial score (nSPS) is 18.8. The number of carbonyl (C=O) groups is 1. The molecule has 0 spiro atoms. The van der Waals surface area contributed by atoms with Crippen LogP contribution in [0.15, 0.2) is 18.2 Å². The van der Waals surface area contributed by atoms with E-state index in [4.69, 9.17) is 0 Å². The minimum Gasteiger partial charge on any atom is -0.349 e. The molecule has 1 saturated heterocycles. The molecule has 1 aromatic rings. The monoisotopic (exact) mass is 294 g/mol. The summed E-state index contributed by atoms with van der Waals surface area (Å²) in [6.07, 6.45) is 6.92. The second kappa shape index (κ2) is 7.09. The molecule has 0 saturated carbocycles. The number of amides is 1. The number of hydrogen-bond acceptors (Lipinski definition) is 2. The maximum Gasteiger partial charge on any atom is 0.251 e. The molecule has 0 bridgehead atoms. The molecule has 110 valence electrons. The lowest BCUT2D eigenvalue weighted by Crippen LogP contribution is -2.42. The summed E-state index contributed by atoms with van der Waals surface area (Å²) in [5.74, 6) is 0.0975. The number of aryl methyl sites for hydroxylation is 2. The van der Waals surface area contributed by atoms with E-state index in [1.54, 1.807) is 0 Å². The van der Waals surface area contributed by atoms with Gasteiger partial charge in [-0.2, -0.15) is 0 Å². The smallest absolute Gasteiger partial charge is 0.251 e. The van der Waals surface area contributed by atoms with Crippen LogP contribution in [-0.2, 0) is 12.8 Å². The maximum absolute atomic E-state index is 12.3. The van der Waals surface area contributed by atoms with Crippen LogP contribution in [-0.4, -0.2) is 25.0 Å². The van der Waals surface area contributed by atoms with Gasteiger partial charge in [-0.05, 0) is 74.9 Å². The number of carbonyl (C=O) groups excluding carboxylic acids is 1. The first kappa shape index (κ1) is 15.3. The summed E-state index contributed by atoms with van der Waals surface area (Å²) in [4.78, 5) is 12.3. The molecule has 0 aromatic heterocycles. The molecular weight excluding hydrogens is 272 g/mol. The van der Waals surface area contributed by atoms with Crippen LogP contribution in [0.2, 0.25) is 0 Å². The van der Waals surface area contributed by atoms with Gasteiger partial charge in [0.2, 0.25) is 0 Å². The number of rotatable bonds is 2. The van der Waals surface area contributed by atoms with Gasteiger partial charge < -0.3 is 10.6 Å². The van der Waals surface area contributed by atoms with E-state index in [0.717, 1.165) is 37.9 Å². The average Bonchev–Trinajstić information content (AvgIpc) is 2.48. The van der Waals surface area contributed by atoms with E-state index >= 15 is 0 Å². The summed E-state index contributed by atoms with van der Waals surface area (Å²) in [6.45, 7) is 2.02. The van der Waals surface area contributed by atoms with E-state index in [9.17, 15) is 4.79 Å². The van der Waals surface area contributed by atoms with Gasteiger partial charge in [0.05, 0.1) is 0 Å². The molecular formula is C16H23ClN2O. The fourth-order valence-corrected chi connectivity index (χ4v) is 3.11.